The first-order chi connectivity index (χ1) is 11.7. The van der Waals surface area contributed by atoms with Gasteiger partial charge in [0.15, 0.2) is 0 Å². The summed E-state index contributed by atoms with van der Waals surface area (Å²) in [4.78, 5) is 20.8. The third-order valence-corrected chi connectivity index (χ3v) is 4.55. The van der Waals surface area contributed by atoms with Crippen LogP contribution in [-0.4, -0.2) is 22.4 Å². The molecule has 24 heavy (non-hydrogen) atoms. The molecule has 3 rings (SSSR count). The Morgan fingerprint density at radius 2 is 2.00 bits per heavy atom. The molecule has 0 aliphatic heterocycles. The van der Waals surface area contributed by atoms with Gasteiger partial charge in [0, 0.05) is 35.8 Å². The zero-order chi connectivity index (χ0) is 16.8. The summed E-state index contributed by atoms with van der Waals surface area (Å²) in [6.45, 7) is 2.53. The van der Waals surface area contributed by atoms with Crippen LogP contribution in [0.3, 0.4) is 0 Å². The highest BCUT2D eigenvalue weighted by Crippen LogP contribution is 2.23. The molecule has 0 unspecified atom stereocenters. The number of hydrogen-bond donors (Lipinski definition) is 1. The lowest BCUT2D eigenvalue weighted by atomic mass is 10.2. The number of nitrogens with one attached hydrogen (secondary N) is 1. The van der Waals surface area contributed by atoms with E-state index in [0.29, 0.717) is 13.0 Å². The molecule has 0 radical (unpaired) electrons. The molecule has 3 aromatic rings. The molecule has 0 atom stereocenters. The average Bonchev–Trinajstić information content (AvgIpc) is 3.07. The second kappa shape index (κ2) is 7.84. The van der Waals surface area contributed by atoms with Crippen LogP contribution in [0.5, 0.6) is 0 Å². The van der Waals surface area contributed by atoms with Gasteiger partial charge in [-0.1, -0.05) is 36.4 Å². The summed E-state index contributed by atoms with van der Waals surface area (Å²) in [5.41, 5.74) is 4.02. The van der Waals surface area contributed by atoms with Gasteiger partial charge in [0.1, 0.15) is 5.01 Å². The normalized spacial score (nSPS) is 10.5. The van der Waals surface area contributed by atoms with Gasteiger partial charge in [-0.25, -0.2) is 4.98 Å². The van der Waals surface area contributed by atoms with E-state index in [0.717, 1.165) is 33.9 Å². The van der Waals surface area contributed by atoms with Crippen molar-refractivity contribution in [3.8, 4) is 10.6 Å². The monoisotopic (exact) mass is 337 g/mol. The Labute approximate surface area is 145 Å². The molecule has 5 heteroatoms. The van der Waals surface area contributed by atoms with Crippen LogP contribution in [0, 0.1) is 6.92 Å². The minimum absolute atomic E-state index is 0.0131. The van der Waals surface area contributed by atoms with Gasteiger partial charge in [0.05, 0.1) is 12.1 Å². The summed E-state index contributed by atoms with van der Waals surface area (Å²) >= 11 is 1.63. The molecule has 4 nitrogen and oxygen atoms in total. The predicted octanol–water partition coefficient (Wildman–Crippen LogP) is 3.41. The number of pyridine rings is 1. The third kappa shape index (κ3) is 4.49. The molecule has 2 heterocycles. The lowest BCUT2D eigenvalue weighted by Crippen LogP contribution is -2.27. The molecular formula is C19H19N3OS. The van der Waals surface area contributed by atoms with Gasteiger partial charge in [0.25, 0.3) is 0 Å². The minimum Gasteiger partial charge on any atom is -0.355 e. The summed E-state index contributed by atoms with van der Waals surface area (Å²) in [6, 6.07) is 14.0. The Balaban J connectivity index is 1.47. The number of amides is 1. The molecule has 1 N–H and O–H groups in total. The second-order valence-corrected chi connectivity index (χ2v) is 6.45. The van der Waals surface area contributed by atoms with E-state index >= 15 is 0 Å². The number of carbonyl (C=O) groups is 1. The van der Waals surface area contributed by atoms with Gasteiger partial charge in [-0.05, 0) is 18.6 Å². The lowest BCUT2D eigenvalue weighted by molar-refractivity contribution is -0.120. The summed E-state index contributed by atoms with van der Waals surface area (Å²) < 4.78 is 0. The topological polar surface area (TPSA) is 54.9 Å². The van der Waals surface area contributed by atoms with E-state index in [9.17, 15) is 4.79 Å². The van der Waals surface area contributed by atoms with E-state index in [1.807, 2.05) is 37.3 Å². The van der Waals surface area contributed by atoms with Gasteiger partial charge in [-0.3, -0.25) is 9.78 Å². The largest absolute Gasteiger partial charge is 0.355 e. The molecular weight excluding hydrogens is 318 g/mol. The summed E-state index contributed by atoms with van der Waals surface area (Å²) in [5, 5.41) is 6.01. The molecule has 0 saturated carbocycles. The number of carbonyl (C=O) groups excluding carboxylic acids is 1. The Morgan fingerprint density at radius 1 is 1.17 bits per heavy atom. The zero-order valence-corrected chi connectivity index (χ0v) is 14.3. The Kier molecular flexibility index (Phi) is 5.33. The maximum atomic E-state index is 12.0. The van der Waals surface area contributed by atoms with E-state index < -0.39 is 0 Å². The van der Waals surface area contributed by atoms with Crippen LogP contribution in [0.15, 0.2) is 54.0 Å². The summed E-state index contributed by atoms with van der Waals surface area (Å²) in [5.74, 6) is 0.0131. The van der Waals surface area contributed by atoms with Crippen LogP contribution >= 0.6 is 11.3 Å². The standard InChI is InChI=1S/C19H19N3OS/c1-14-7-8-15(12-21-14)11-18(23)20-10-9-17-13-24-19(22-17)16-5-3-2-4-6-16/h2-8,12-13H,9-11H2,1H3,(H,20,23). The van der Waals surface area contributed by atoms with Crippen LogP contribution in [0.4, 0.5) is 0 Å². The number of hydrogen-bond acceptors (Lipinski definition) is 4. The van der Waals surface area contributed by atoms with Crippen LogP contribution in [-0.2, 0) is 17.6 Å². The fourth-order valence-electron chi connectivity index (χ4n) is 2.32. The van der Waals surface area contributed by atoms with Crippen molar-refractivity contribution in [1.29, 1.82) is 0 Å². The summed E-state index contributed by atoms with van der Waals surface area (Å²) in [6.07, 6.45) is 2.85. The van der Waals surface area contributed by atoms with Crippen molar-refractivity contribution in [3.63, 3.8) is 0 Å². The quantitative estimate of drug-likeness (QED) is 0.750. The van der Waals surface area contributed by atoms with E-state index in [-0.39, 0.29) is 5.91 Å². The number of nitrogens with zero attached hydrogens (tertiary/aromatic N) is 2. The first kappa shape index (κ1) is 16.3. The highest BCUT2D eigenvalue weighted by atomic mass is 32.1. The Bertz CT molecular complexity index is 797. The van der Waals surface area contributed by atoms with Crippen molar-refractivity contribution in [1.82, 2.24) is 15.3 Å². The van der Waals surface area contributed by atoms with Crippen molar-refractivity contribution >= 4 is 17.2 Å². The molecule has 0 spiro atoms. The van der Waals surface area contributed by atoms with Gasteiger partial charge >= 0.3 is 0 Å². The zero-order valence-electron chi connectivity index (χ0n) is 13.5. The SMILES string of the molecule is Cc1ccc(CC(=O)NCCc2csc(-c3ccccc3)n2)cn1. The minimum atomic E-state index is 0.0131. The molecule has 0 fully saturated rings. The molecule has 1 amide bonds. The number of aromatic nitrogens is 2. The van der Waals surface area contributed by atoms with Crippen molar-refractivity contribution in [2.75, 3.05) is 6.54 Å². The van der Waals surface area contributed by atoms with Gasteiger partial charge in [-0.2, -0.15) is 0 Å². The van der Waals surface area contributed by atoms with Gasteiger partial charge < -0.3 is 5.32 Å². The van der Waals surface area contributed by atoms with E-state index in [1.165, 1.54) is 0 Å². The van der Waals surface area contributed by atoms with Gasteiger partial charge in [-0.15, -0.1) is 11.3 Å². The van der Waals surface area contributed by atoms with E-state index in [4.69, 9.17) is 0 Å². The Morgan fingerprint density at radius 3 is 2.75 bits per heavy atom. The second-order valence-electron chi connectivity index (χ2n) is 5.59. The third-order valence-electron chi connectivity index (χ3n) is 3.61. The van der Waals surface area contributed by atoms with Crippen molar-refractivity contribution < 1.29 is 4.79 Å². The molecule has 0 bridgehead atoms. The summed E-state index contributed by atoms with van der Waals surface area (Å²) in [7, 11) is 0. The molecule has 1 aromatic carbocycles. The molecule has 122 valence electrons. The van der Waals surface area contributed by atoms with Crippen molar-refractivity contribution in [2.45, 2.75) is 19.8 Å². The lowest BCUT2D eigenvalue weighted by Gasteiger charge is -2.04. The maximum Gasteiger partial charge on any atom is 0.224 e. The van der Waals surface area contributed by atoms with Crippen molar-refractivity contribution in [2.24, 2.45) is 0 Å². The molecule has 0 aliphatic rings. The van der Waals surface area contributed by atoms with Crippen LogP contribution < -0.4 is 5.32 Å². The molecule has 0 aliphatic carbocycles. The van der Waals surface area contributed by atoms with Crippen LogP contribution in [0.25, 0.3) is 10.6 Å². The molecule has 0 saturated heterocycles. The van der Waals surface area contributed by atoms with E-state index in [2.05, 4.69) is 32.8 Å². The smallest absolute Gasteiger partial charge is 0.224 e. The fourth-order valence-corrected chi connectivity index (χ4v) is 3.18. The number of aryl methyl sites for hydroxylation is 1. The van der Waals surface area contributed by atoms with E-state index in [1.54, 1.807) is 17.5 Å². The highest BCUT2D eigenvalue weighted by molar-refractivity contribution is 7.13. The van der Waals surface area contributed by atoms with Crippen LogP contribution in [0.2, 0.25) is 0 Å². The first-order valence-corrected chi connectivity index (χ1v) is 8.77. The van der Waals surface area contributed by atoms with Crippen molar-refractivity contribution in [3.05, 3.63) is 71.0 Å². The van der Waals surface area contributed by atoms with Gasteiger partial charge in [0.2, 0.25) is 5.91 Å². The first-order valence-electron chi connectivity index (χ1n) is 7.89. The number of benzene rings is 1. The number of rotatable bonds is 6. The number of thiazole rings is 1. The highest BCUT2D eigenvalue weighted by Gasteiger charge is 2.06. The predicted molar refractivity (Wildman–Crippen MR) is 96.9 cm³/mol. The fraction of sp³-hybridized carbons (Fsp3) is 0.211. The Hall–Kier alpha value is -2.53. The maximum absolute atomic E-state index is 12.0. The average molecular weight is 337 g/mol. The molecule has 2 aromatic heterocycles. The van der Waals surface area contributed by atoms with Crippen LogP contribution in [0.1, 0.15) is 17.0 Å².